The van der Waals surface area contributed by atoms with Gasteiger partial charge in [0.25, 0.3) is 5.69 Å². The second-order valence-electron chi connectivity index (χ2n) is 3.55. The van der Waals surface area contributed by atoms with Gasteiger partial charge in [-0.2, -0.15) is 0 Å². The predicted octanol–water partition coefficient (Wildman–Crippen LogP) is 2.49. The maximum absolute atomic E-state index is 11.9. The van der Waals surface area contributed by atoms with Gasteiger partial charge in [-0.3, -0.25) is 14.9 Å². The predicted molar refractivity (Wildman–Crippen MR) is 66.6 cm³/mol. The van der Waals surface area contributed by atoms with Gasteiger partial charge in [0.1, 0.15) is 5.69 Å². The second-order valence-corrected chi connectivity index (χ2v) is 3.55. The number of rotatable bonds is 3. The Morgan fingerprint density at radius 3 is 2.72 bits per heavy atom. The maximum atomic E-state index is 11.9. The molecule has 18 heavy (non-hydrogen) atoms. The van der Waals surface area contributed by atoms with Crippen molar-refractivity contribution in [1.29, 1.82) is 0 Å². The van der Waals surface area contributed by atoms with Gasteiger partial charge in [0.05, 0.1) is 17.4 Å². The number of nitro groups is 1. The van der Waals surface area contributed by atoms with Gasteiger partial charge in [0, 0.05) is 17.2 Å². The summed E-state index contributed by atoms with van der Waals surface area (Å²) in [5.74, 6) is -0.314. The average Bonchev–Trinajstić information content (AvgIpc) is 2.81. The first kappa shape index (κ1) is 13.6. The number of ketones is 1. The van der Waals surface area contributed by atoms with E-state index in [0.29, 0.717) is 11.3 Å². The van der Waals surface area contributed by atoms with Crippen LogP contribution in [-0.2, 0) is 0 Å². The molecule has 0 aliphatic carbocycles. The van der Waals surface area contributed by atoms with Crippen molar-refractivity contribution < 1.29 is 9.72 Å². The van der Waals surface area contributed by atoms with E-state index in [2.05, 4.69) is 9.97 Å². The van der Waals surface area contributed by atoms with Crippen molar-refractivity contribution in [3.05, 3.63) is 57.7 Å². The number of nitrogens with one attached hydrogen (secondary N) is 1. The number of nitro benzene ring substituents is 1. The second kappa shape index (κ2) is 5.22. The van der Waals surface area contributed by atoms with E-state index in [9.17, 15) is 14.9 Å². The largest absolute Gasteiger partial charge is 0.342 e. The van der Waals surface area contributed by atoms with Crippen molar-refractivity contribution >= 4 is 11.5 Å². The molecule has 1 heterocycles. The normalized spacial score (nSPS) is 9.61. The number of carbonyl (C=O) groups excluding carboxylic acids is 1. The fourth-order valence-corrected chi connectivity index (χ4v) is 1.48. The molecule has 2 rings (SSSR count). The van der Waals surface area contributed by atoms with Crippen LogP contribution in [0.5, 0.6) is 0 Å². The zero-order valence-electron chi connectivity index (χ0n) is 9.01. The molecule has 0 amide bonds. The summed E-state index contributed by atoms with van der Waals surface area (Å²) in [6.07, 6.45) is 2.77. The minimum atomic E-state index is -0.501. The van der Waals surface area contributed by atoms with Crippen LogP contribution in [0.15, 0.2) is 30.7 Å². The topological polar surface area (TPSA) is 88.9 Å². The fraction of sp³-hybridized carbons (Fsp3) is 0.167. The summed E-state index contributed by atoms with van der Waals surface area (Å²) in [5.41, 5.74) is 1.04. The molecule has 1 aromatic heterocycles. The number of hydrogen-bond donors (Lipinski definition) is 1. The monoisotopic (exact) mass is 247 g/mol. The van der Waals surface area contributed by atoms with Crippen LogP contribution in [-0.4, -0.2) is 20.7 Å². The molecule has 0 aliphatic heterocycles. The summed E-state index contributed by atoms with van der Waals surface area (Å²) in [6, 6.07) is 4.39. The standard InChI is InChI=1S/C11H9N3O3.CH4/c1-7-2-3-8(4-10(7)14(16)17)11(15)9-5-12-6-13-9;/h2-6H,1H3,(H,12,13);1H4. The highest BCUT2D eigenvalue weighted by atomic mass is 16.6. The van der Waals surface area contributed by atoms with Crippen molar-refractivity contribution in [3.8, 4) is 0 Å². The van der Waals surface area contributed by atoms with Gasteiger partial charge in [-0.1, -0.05) is 19.6 Å². The van der Waals surface area contributed by atoms with Crippen LogP contribution in [0.4, 0.5) is 5.69 Å². The van der Waals surface area contributed by atoms with Crippen molar-refractivity contribution in [2.45, 2.75) is 14.4 Å². The minimum absolute atomic E-state index is 0. The number of carbonyl (C=O) groups is 1. The minimum Gasteiger partial charge on any atom is -0.342 e. The van der Waals surface area contributed by atoms with Crippen LogP contribution >= 0.6 is 0 Å². The van der Waals surface area contributed by atoms with Gasteiger partial charge < -0.3 is 4.98 Å². The first-order valence-corrected chi connectivity index (χ1v) is 4.87. The molecule has 0 unspecified atom stereocenters. The summed E-state index contributed by atoms with van der Waals surface area (Å²) in [7, 11) is 0. The van der Waals surface area contributed by atoms with Gasteiger partial charge in [-0.15, -0.1) is 0 Å². The van der Waals surface area contributed by atoms with Crippen molar-refractivity contribution in [2.75, 3.05) is 0 Å². The lowest BCUT2D eigenvalue weighted by molar-refractivity contribution is -0.385. The number of hydrogen-bond acceptors (Lipinski definition) is 4. The Bertz CT molecular complexity index is 576. The van der Waals surface area contributed by atoms with Crippen LogP contribution < -0.4 is 0 Å². The number of nitrogens with zero attached hydrogens (tertiary/aromatic N) is 2. The molecule has 0 spiro atoms. The Morgan fingerprint density at radius 1 is 1.44 bits per heavy atom. The summed E-state index contributed by atoms with van der Waals surface area (Å²) in [5, 5.41) is 10.8. The lowest BCUT2D eigenvalue weighted by Gasteiger charge is -2.00. The number of aryl methyl sites for hydroxylation is 1. The molecule has 0 atom stereocenters. The smallest absolute Gasteiger partial charge is 0.273 e. The number of benzene rings is 1. The summed E-state index contributed by atoms with van der Waals surface area (Å²) >= 11 is 0. The van der Waals surface area contributed by atoms with E-state index < -0.39 is 4.92 Å². The Morgan fingerprint density at radius 2 is 2.17 bits per heavy atom. The lowest BCUT2D eigenvalue weighted by Crippen LogP contribution is -2.03. The maximum Gasteiger partial charge on any atom is 0.273 e. The third kappa shape index (κ3) is 2.42. The zero-order chi connectivity index (χ0) is 12.4. The number of H-pyrrole nitrogens is 1. The van der Waals surface area contributed by atoms with Gasteiger partial charge in [-0.05, 0) is 6.92 Å². The molecule has 6 heteroatoms. The zero-order valence-corrected chi connectivity index (χ0v) is 9.01. The molecule has 0 saturated carbocycles. The van der Waals surface area contributed by atoms with Gasteiger partial charge in [0.2, 0.25) is 5.78 Å². The third-order valence-corrected chi connectivity index (χ3v) is 2.41. The van der Waals surface area contributed by atoms with Crippen LogP contribution in [0.2, 0.25) is 0 Å². The highest BCUT2D eigenvalue weighted by molar-refractivity contribution is 6.07. The molecular formula is C12H13N3O3. The molecule has 6 nitrogen and oxygen atoms in total. The van der Waals surface area contributed by atoms with Crippen molar-refractivity contribution in [3.63, 3.8) is 0 Å². The molecular weight excluding hydrogens is 234 g/mol. The lowest BCUT2D eigenvalue weighted by atomic mass is 10.1. The molecule has 0 saturated heterocycles. The molecule has 0 radical (unpaired) electrons. The van der Waals surface area contributed by atoms with Crippen molar-refractivity contribution in [2.24, 2.45) is 0 Å². The van der Waals surface area contributed by atoms with E-state index >= 15 is 0 Å². The Labute approximate surface area is 104 Å². The van der Waals surface area contributed by atoms with E-state index in [1.54, 1.807) is 19.1 Å². The summed E-state index contributed by atoms with van der Waals surface area (Å²) in [6.45, 7) is 1.63. The third-order valence-electron chi connectivity index (χ3n) is 2.41. The Kier molecular flexibility index (Phi) is 3.93. The molecule has 1 N–H and O–H groups in total. The van der Waals surface area contributed by atoms with Crippen LogP contribution in [0.1, 0.15) is 29.0 Å². The molecule has 0 fully saturated rings. The Balaban J connectivity index is 0.00000162. The van der Waals surface area contributed by atoms with Crippen molar-refractivity contribution in [1.82, 2.24) is 9.97 Å². The summed E-state index contributed by atoms with van der Waals surface area (Å²) in [4.78, 5) is 28.6. The van der Waals surface area contributed by atoms with E-state index in [4.69, 9.17) is 0 Å². The van der Waals surface area contributed by atoms with Gasteiger partial charge >= 0.3 is 0 Å². The van der Waals surface area contributed by atoms with Crippen LogP contribution in [0, 0.1) is 17.0 Å². The highest BCUT2D eigenvalue weighted by Gasteiger charge is 2.16. The average molecular weight is 247 g/mol. The first-order chi connectivity index (χ1) is 8.09. The highest BCUT2D eigenvalue weighted by Crippen LogP contribution is 2.20. The SMILES string of the molecule is C.Cc1ccc(C(=O)c2cnc[nH]2)cc1[N+](=O)[O-]. The van der Waals surface area contributed by atoms with Crippen LogP contribution in [0.3, 0.4) is 0 Å². The number of aromatic amines is 1. The number of aromatic nitrogens is 2. The van der Waals surface area contributed by atoms with Gasteiger partial charge in [0.15, 0.2) is 0 Å². The van der Waals surface area contributed by atoms with E-state index in [0.717, 1.165) is 0 Å². The molecule has 0 aliphatic rings. The van der Waals surface area contributed by atoms with E-state index in [1.807, 2.05) is 0 Å². The van der Waals surface area contributed by atoms with E-state index in [-0.39, 0.29) is 24.5 Å². The van der Waals surface area contributed by atoms with Crippen LogP contribution in [0.25, 0.3) is 0 Å². The molecule has 94 valence electrons. The fourth-order valence-electron chi connectivity index (χ4n) is 1.48. The summed E-state index contributed by atoms with van der Waals surface area (Å²) < 4.78 is 0. The quantitative estimate of drug-likeness (QED) is 0.512. The molecule has 2 aromatic rings. The number of imidazole rings is 1. The van der Waals surface area contributed by atoms with E-state index in [1.165, 1.54) is 18.6 Å². The van der Waals surface area contributed by atoms with Gasteiger partial charge in [-0.25, -0.2) is 4.98 Å². The molecule has 0 bridgehead atoms. The Hall–Kier alpha value is -2.50. The molecule has 1 aromatic carbocycles. The first-order valence-electron chi connectivity index (χ1n) is 4.87.